The highest BCUT2D eigenvalue weighted by Gasteiger charge is 2.33. The smallest absolute Gasteiger partial charge is 0.191 e. The Morgan fingerprint density at radius 1 is 1.25 bits per heavy atom. The average Bonchev–Trinajstić information content (AvgIpc) is 3.12. The zero-order chi connectivity index (χ0) is 14.4. The highest BCUT2D eigenvalue weighted by Crippen LogP contribution is 2.28. The van der Waals surface area contributed by atoms with Crippen LogP contribution in [0.1, 0.15) is 46.5 Å². The second-order valence-corrected chi connectivity index (χ2v) is 6.60. The van der Waals surface area contributed by atoms with Crippen LogP contribution < -0.4 is 10.6 Å². The molecule has 0 bridgehead atoms. The Balaban J connectivity index is 1.62. The van der Waals surface area contributed by atoms with Gasteiger partial charge in [0.1, 0.15) is 0 Å². The fourth-order valence-corrected chi connectivity index (χ4v) is 2.79. The van der Waals surface area contributed by atoms with Crippen molar-refractivity contribution in [3.63, 3.8) is 0 Å². The van der Waals surface area contributed by atoms with E-state index >= 15 is 0 Å². The first-order chi connectivity index (χ1) is 9.69. The van der Waals surface area contributed by atoms with Crippen LogP contribution in [0.4, 0.5) is 0 Å². The maximum absolute atomic E-state index is 4.70. The van der Waals surface area contributed by atoms with E-state index in [0.29, 0.717) is 6.04 Å². The van der Waals surface area contributed by atoms with Crippen LogP contribution >= 0.6 is 0 Å². The van der Waals surface area contributed by atoms with Crippen molar-refractivity contribution < 1.29 is 0 Å². The fourth-order valence-electron chi connectivity index (χ4n) is 2.79. The number of rotatable bonds is 6. The van der Waals surface area contributed by atoms with Gasteiger partial charge in [-0.1, -0.05) is 13.8 Å². The van der Waals surface area contributed by atoms with Crippen LogP contribution in [0.5, 0.6) is 0 Å². The van der Waals surface area contributed by atoms with E-state index in [1.54, 1.807) is 0 Å². The van der Waals surface area contributed by atoms with Crippen LogP contribution in [0, 0.1) is 11.8 Å². The lowest BCUT2D eigenvalue weighted by Crippen LogP contribution is -2.39. The van der Waals surface area contributed by atoms with E-state index < -0.39 is 0 Å². The van der Waals surface area contributed by atoms with E-state index in [-0.39, 0.29) is 0 Å². The quantitative estimate of drug-likeness (QED) is 0.444. The molecule has 1 aliphatic heterocycles. The van der Waals surface area contributed by atoms with Gasteiger partial charge in [-0.3, -0.25) is 4.99 Å². The predicted octanol–water partition coefficient (Wildman–Crippen LogP) is 2.07. The minimum atomic E-state index is 0.649. The molecule has 2 aliphatic rings. The van der Waals surface area contributed by atoms with Crippen LogP contribution in [-0.4, -0.2) is 49.6 Å². The van der Waals surface area contributed by atoms with E-state index in [4.69, 9.17) is 4.99 Å². The van der Waals surface area contributed by atoms with Gasteiger partial charge in [0, 0.05) is 19.1 Å². The summed E-state index contributed by atoms with van der Waals surface area (Å²) in [5.74, 6) is 2.75. The van der Waals surface area contributed by atoms with Gasteiger partial charge in [-0.25, -0.2) is 0 Å². The summed E-state index contributed by atoms with van der Waals surface area (Å²) >= 11 is 0. The van der Waals surface area contributed by atoms with Crippen molar-refractivity contribution >= 4 is 5.96 Å². The first-order valence-corrected chi connectivity index (χ1v) is 8.46. The maximum atomic E-state index is 4.70. The minimum absolute atomic E-state index is 0.649. The van der Waals surface area contributed by atoms with Crippen molar-refractivity contribution in [2.45, 2.75) is 52.5 Å². The lowest BCUT2D eigenvalue weighted by Gasteiger charge is -2.29. The number of guanidine groups is 1. The standard InChI is InChI=1S/C16H32N4/c1-4-17-16(19-15-12-14(15)3)18-8-5-9-20-10-6-13(2)7-11-20/h13-15H,4-12H2,1-3H3,(H2,17,18,19). The number of likely N-dealkylation sites (tertiary alicyclic amines) is 1. The van der Waals surface area contributed by atoms with E-state index in [2.05, 4.69) is 36.3 Å². The van der Waals surface area contributed by atoms with Crippen LogP contribution in [0.15, 0.2) is 4.99 Å². The summed E-state index contributed by atoms with van der Waals surface area (Å²) in [4.78, 5) is 7.29. The SMILES string of the molecule is CCNC(=NCCCN1CCC(C)CC1)NC1CC1C. The zero-order valence-corrected chi connectivity index (χ0v) is 13.5. The molecule has 0 aromatic rings. The van der Waals surface area contributed by atoms with Crippen LogP contribution in [0.2, 0.25) is 0 Å². The first kappa shape index (κ1) is 15.6. The summed E-state index contributed by atoms with van der Waals surface area (Å²) in [5.41, 5.74) is 0. The van der Waals surface area contributed by atoms with Crippen molar-refractivity contribution in [3.05, 3.63) is 0 Å². The van der Waals surface area contributed by atoms with Crippen LogP contribution in [-0.2, 0) is 0 Å². The molecule has 0 spiro atoms. The summed E-state index contributed by atoms with van der Waals surface area (Å²) in [7, 11) is 0. The Hall–Kier alpha value is -0.770. The van der Waals surface area contributed by atoms with Crippen molar-refractivity contribution in [3.8, 4) is 0 Å². The van der Waals surface area contributed by atoms with Crippen molar-refractivity contribution in [1.29, 1.82) is 0 Å². The normalized spacial score (nSPS) is 28.4. The molecule has 4 heteroatoms. The lowest BCUT2D eigenvalue weighted by molar-refractivity contribution is 0.192. The topological polar surface area (TPSA) is 39.7 Å². The number of piperidine rings is 1. The third-order valence-corrected chi connectivity index (χ3v) is 4.55. The molecular weight excluding hydrogens is 248 g/mol. The lowest BCUT2D eigenvalue weighted by atomic mass is 9.99. The molecule has 2 fully saturated rings. The number of aliphatic imine (C=N–C) groups is 1. The summed E-state index contributed by atoms with van der Waals surface area (Å²) in [6.45, 7) is 12.4. The Morgan fingerprint density at radius 3 is 2.55 bits per heavy atom. The second kappa shape index (κ2) is 7.87. The number of hydrogen-bond donors (Lipinski definition) is 2. The van der Waals surface area contributed by atoms with Gasteiger partial charge in [-0.15, -0.1) is 0 Å². The Morgan fingerprint density at radius 2 is 1.95 bits per heavy atom. The van der Waals surface area contributed by atoms with Crippen LogP contribution in [0.3, 0.4) is 0 Å². The Kier molecular flexibility index (Phi) is 6.14. The molecule has 116 valence electrons. The minimum Gasteiger partial charge on any atom is -0.357 e. The van der Waals surface area contributed by atoms with Gasteiger partial charge in [0.2, 0.25) is 0 Å². The Bertz CT molecular complexity index is 308. The number of nitrogens with one attached hydrogen (secondary N) is 2. The molecule has 1 saturated heterocycles. The number of nitrogens with zero attached hydrogens (tertiary/aromatic N) is 2. The molecule has 2 unspecified atom stereocenters. The molecule has 0 aromatic heterocycles. The predicted molar refractivity (Wildman–Crippen MR) is 86.1 cm³/mol. The average molecular weight is 280 g/mol. The van der Waals surface area contributed by atoms with Gasteiger partial charge >= 0.3 is 0 Å². The fraction of sp³-hybridized carbons (Fsp3) is 0.938. The molecule has 2 atom stereocenters. The molecule has 2 rings (SSSR count). The summed E-state index contributed by atoms with van der Waals surface area (Å²) in [5, 5.41) is 6.86. The van der Waals surface area contributed by atoms with Gasteiger partial charge in [-0.2, -0.15) is 0 Å². The van der Waals surface area contributed by atoms with E-state index in [9.17, 15) is 0 Å². The summed E-state index contributed by atoms with van der Waals surface area (Å²) in [6.07, 6.45) is 5.20. The molecule has 0 amide bonds. The van der Waals surface area contributed by atoms with Crippen molar-refractivity contribution in [2.24, 2.45) is 16.8 Å². The maximum Gasteiger partial charge on any atom is 0.191 e. The molecule has 4 nitrogen and oxygen atoms in total. The Labute approximate surface area is 124 Å². The van der Waals surface area contributed by atoms with Crippen molar-refractivity contribution in [1.82, 2.24) is 15.5 Å². The van der Waals surface area contributed by atoms with E-state index in [1.807, 2.05) is 0 Å². The van der Waals surface area contributed by atoms with Gasteiger partial charge in [0.25, 0.3) is 0 Å². The molecule has 1 saturated carbocycles. The highest BCUT2D eigenvalue weighted by molar-refractivity contribution is 5.80. The zero-order valence-electron chi connectivity index (χ0n) is 13.5. The van der Waals surface area contributed by atoms with Crippen molar-refractivity contribution in [2.75, 3.05) is 32.7 Å². The second-order valence-electron chi connectivity index (χ2n) is 6.60. The molecule has 20 heavy (non-hydrogen) atoms. The molecule has 1 heterocycles. The largest absolute Gasteiger partial charge is 0.357 e. The van der Waals surface area contributed by atoms with Crippen LogP contribution in [0.25, 0.3) is 0 Å². The van der Waals surface area contributed by atoms with E-state index in [1.165, 1.54) is 45.3 Å². The highest BCUT2D eigenvalue weighted by atomic mass is 15.2. The summed E-state index contributed by atoms with van der Waals surface area (Å²) in [6, 6.07) is 0.649. The summed E-state index contributed by atoms with van der Waals surface area (Å²) < 4.78 is 0. The number of hydrogen-bond acceptors (Lipinski definition) is 2. The third kappa shape index (κ3) is 5.31. The molecule has 0 aromatic carbocycles. The van der Waals surface area contributed by atoms with Gasteiger partial charge in [0.15, 0.2) is 5.96 Å². The van der Waals surface area contributed by atoms with E-state index in [0.717, 1.165) is 30.9 Å². The molecule has 1 aliphatic carbocycles. The first-order valence-electron chi connectivity index (χ1n) is 8.46. The van der Waals surface area contributed by atoms with Gasteiger partial charge < -0.3 is 15.5 Å². The molecular formula is C16H32N4. The third-order valence-electron chi connectivity index (χ3n) is 4.55. The van der Waals surface area contributed by atoms with Gasteiger partial charge in [-0.05, 0) is 64.1 Å². The molecule has 2 N–H and O–H groups in total. The van der Waals surface area contributed by atoms with Gasteiger partial charge in [0.05, 0.1) is 0 Å². The monoisotopic (exact) mass is 280 g/mol. The molecule has 0 radical (unpaired) electrons.